The van der Waals surface area contributed by atoms with Crippen LogP contribution in [0.3, 0.4) is 0 Å². The topological polar surface area (TPSA) is 12.0 Å². The lowest BCUT2D eigenvalue weighted by molar-refractivity contribution is 0.621. The molecule has 2 aromatic rings. The highest BCUT2D eigenvalue weighted by Crippen LogP contribution is 2.26. The Hall–Kier alpha value is -1.13. The van der Waals surface area contributed by atoms with Crippen LogP contribution in [-0.4, -0.2) is 0 Å². The van der Waals surface area contributed by atoms with Gasteiger partial charge in [0, 0.05) is 11.7 Å². The van der Waals surface area contributed by atoms with Crippen LogP contribution in [0, 0.1) is 11.6 Å². The van der Waals surface area contributed by atoms with E-state index in [2.05, 4.69) is 21.2 Å². The molecule has 0 aromatic heterocycles. The summed E-state index contributed by atoms with van der Waals surface area (Å²) < 4.78 is 26.6. The van der Waals surface area contributed by atoms with Gasteiger partial charge < -0.3 is 5.32 Å². The maximum atomic E-state index is 13.1. The van der Waals surface area contributed by atoms with Gasteiger partial charge in [-0.25, -0.2) is 8.78 Å². The zero-order valence-electron chi connectivity index (χ0n) is 10.1. The van der Waals surface area contributed by atoms with Crippen LogP contribution >= 0.6 is 27.5 Å². The first-order valence-corrected chi connectivity index (χ1v) is 6.81. The highest BCUT2D eigenvalue weighted by molar-refractivity contribution is 9.10. The summed E-state index contributed by atoms with van der Waals surface area (Å²) in [5.41, 5.74) is 1.62. The second-order valence-corrected chi connectivity index (χ2v) is 5.43. The van der Waals surface area contributed by atoms with E-state index in [4.69, 9.17) is 11.6 Å². The van der Waals surface area contributed by atoms with E-state index in [1.54, 1.807) is 24.3 Å². The van der Waals surface area contributed by atoms with E-state index < -0.39 is 5.82 Å². The van der Waals surface area contributed by atoms with Crippen molar-refractivity contribution in [2.24, 2.45) is 0 Å². The van der Waals surface area contributed by atoms with Crippen molar-refractivity contribution in [1.82, 2.24) is 0 Å². The van der Waals surface area contributed by atoms with Crippen molar-refractivity contribution < 1.29 is 8.78 Å². The molecule has 0 radical (unpaired) electrons. The Balaban J connectivity index is 2.17. The molecule has 0 saturated carbocycles. The van der Waals surface area contributed by atoms with Gasteiger partial charge in [-0.3, -0.25) is 0 Å². The molecule has 2 aromatic carbocycles. The first-order chi connectivity index (χ1) is 8.97. The van der Waals surface area contributed by atoms with Gasteiger partial charge in [0.2, 0.25) is 0 Å². The standard InChI is InChI=1S/C14H11BrClF2N/c1-8(9-2-4-14(18)12(16)6-9)19-10-3-5-13(17)11(15)7-10/h2-8,19H,1H3. The van der Waals surface area contributed by atoms with Crippen molar-refractivity contribution in [1.29, 1.82) is 0 Å². The lowest BCUT2D eigenvalue weighted by Gasteiger charge is -2.16. The van der Waals surface area contributed by atoms with Gasteiger partial charge in [-0.2, -0.15) is 0 Å². The molecule has 1 nitrogen and oxygen atoms in total. The molecule has 2 rings (SSSR count). The van der Waals surface area contributed by atoms with Crippen LogP contribution in [0.4, 0.5) is 14.5 Å². The largest absolute Gasteiger partial charge is 0.378 e. The van der Waals surface area contributed by atoms with Gasteiger partial charge in [0.25, 0.3) is 0 Å². The van der Waals surface area contributed by atoms with Gasteiger partial charge in [-0.05, 0) is 58.7 Å². The van der Waals surface area contributed by atoms with Gasteiger partial charge in [-0.1, -0.05) is 17.7 Å². The number of rotatable bonds is 3. The zero-order valence-corrected chi connectivity index (χ0v) is 12.4. The van der Waals surface area contributed by atoms with Crippen molar-refractivity contribution in [3.8, 4) is 0 Å². The number of benzene rings is 2. The van der Waals surface area contributed by atoms with E-state index in [0.717, 1.165) is 11.3 Å². The Morgan fingerprint density at radius 3 is 2.42 bits per heavy atom. The van der Waals surface area contributed by atoms with Crippen molar-refractivity contribution in [3.63, 3.8) is 0 Å². The van der Waals surface area contributed by atoms with Crippen molar-refractivity contribution in [2.45, 2.75) is 13.0 Å². The third-order valence-corrected chi connectivity index (χ3v) is 3.64. The molecule has 0 bridgehead atoms. The van der Waals surface area contributed by atoms with Crippen LogP contribution in [0.5, 0.6) is 0 Å². The van der Waals surface area contributed by atoms with Gasteiger partial charge >= 0.3 is 0 Å². The van der Waals surface area contributed by atoms with Gasteiger partial charge in [-0.15, -0.1) is 0 Å². The lowest BCUT2D eigenvalue weighted by Crippen LogP contribution is -2.06. The van der Waals surface area contributed by atoms with E-state index in [1.165, 1.54) is 12.1 Å². The maximum Gasteiger partial charge on any atom is 0.141 e. The van der Waals surface area contributed by atoms with Crippen molar-refractivity contribution >= 4 is 33.2 Å². The van der Waals surface area contributed by atoms with Gasteiger partial charge in [0.15, 0.2) is 0 Å². The molecule has 5 heteroatoms. The Kier molecular flexibility index (Phi) is 4.42. The summed E-state index contributed by atoms with van der Waals surface area (Å²) >= 11 is 8.87. The number of hydrogen-bond acceptors (Lipinski definition) is 1. The predicted octanol–water partition coefficient (Wildman–Crippen LogP) is 5.55. The molecule has 0 aliphatic heterocycles. The highest BCUT2D eigenvalue weighted by atomic mass is 79.9. The van der Waals surface area contributed by atoms with Crippen LogP contribution in [-0.2, 0) is 0 Å². The fourth-order valence-electron chi connectivity index (χ4n) is 1.70. The van der Waals surface area contributed by atoms with E-state index in [-0.39, 0.29) is 16.9 Å². The molecule has 0 spiro atoms. The number of halogens is 4. The fraction of sp³-hybridized carbons (Fsp3) is 0.143. The van der Waals surface area contributed by atoms with Gasteiger partial charge in [0.1, 0.15) is 11.6 Å². The van der Waals surface area contributed by atoms with E-state index in [1.807, 2.05) is 6.92 Å². The molecule has 19 heavy (non-hydrogen) atoms. The van der Waals surface area contributed by atoms with Crippen LogP contribution in [0.1, 0.15) is 18.5 Å². The Bertz CT molecular complexity index is 604. The zero-order chi connectivity index (χ0) is 14.0. The minimum absolute atomic E-state index is 0.0736. The van der Waals surface area contributed by atoms with Crippen LogP contribution in [0.2, 0.25) is 5.02 Å². The van der Waals surface area contributed by atoms with Crippen LogP contribution < -0.4 is 5.32 Å². The molecular weight excluding hydrogens is 336 g/mol. The molecule has 1 atom stereocenters. The normalized spacial score (nSPS) is 12.3. The van der Waals surface area contributed by atoms with E-state index in [9.17, 15) is 8.78 Å². The predicted molar refractivity (Wildman–Crippen MR) is 77.5 cm³/mol. The third-order valence-electron chi connectivity index (χ3n) is 2.75. The SMILES string of the molecule is CC(Nc1ccc(F)c(Br)c1)c1ccc(F)c(Cl)c1. The average molecular weight is 347 g/mol. The first kappa shape index (κ1) is 14.3. The molecule has 0 saturated heterocycles. The summed E-state index contributed by atoms with van der Waals surface area (Å²) in [6, 6.07) is 9.16. The first-order valence-electron chi connectivity index (χ1n) is 5.64. The molecule has 0 heterocycles. The van der Waals surface area contributed by atoms with Gasteiger partial charge in [0.05, 0.1) is 9.50 Å². The van der Waals surface area contributed by atoms with E-state index >= 15 is 0 Å². The summed E-state index contributed by atoms with van der Waals surface area (Å²) in [7, 11) is 0. The maximum absolute atomic E-state index is 13.1. The summed E-state index contributed by atoms with van der Waals surface area (Å²) in [5.74, 6) is -0.759. The summed E-state index contributed by atoms with van der Waals surface area (Å²) in [4.78, 5) is 0. The monoisotopic (exact) mass is 345 g/mol. The average Bonchev–Trinajstić information content (AvgIpc) is 2.37. The number of anilines is 1. The second-order valence-electron chi connectivity index (χ2n) is 4.17. The Labute approximate surface area is 123 Å². The number of nitrogens with one attached hydrogen (secondary N) is 1. The number of hydrogen-bond donors (Lipinski definition) is 1. The minimum atomic E-state index is -0.442. The smallest absolute Gasteiger partial charge is 0.141 e. The third kappa shape index (κ3) is 3.45. The Morgan fingerprint density at radius 2 is 1.79 bits per heavy atom. The summed E-state index contributed by atoms with van der Waals surface area (Å²) in [5, 5.41) is 3.28. The van der Waals surface area contributed by atoms with Crippen LogP contribution in [0.25, 0.3) is 0 Å². The molecule has 0 aliphatic rings. The minimum Gasteiger partial charge on any atom is -0.378 e. The van der Waals surface area contributed by atoms with Crippen molar-refractivity contribution in [3.05, 3.63) is 63.1 Å². The fourth-order valence-corrected chi connectivity index (χ4v) is 2.27. The second kappa shape index (κ2) is 5.88. The van der Waals surface area contributed by atoms with Crippen molar-refractivity contribution in [2.75, 3.05) is 5.32 Å². The van der Waals surface area contributed by atoms with E-state index in [0.29, 0.717) is 4.47 Å². The lowest BCUT2D eigenvalue weighted by atomic mass is 10.1. The Morgan fingerprint density at radius 1 is 1.11 bits per heavy atom. The molecule has 100 valence electrons. The van der Waals surface area contributed by atoms with Crippen LogP contribution in [0.15, 0.2) is 40.9 Å². The molecular formula is C14H11BrClF2N. The molecule has 1 unspecified atom stereocenters. The summed E-state index contributed by atoms with van der Waals surface area (Å²) in [6.07, 6.45) is 0. The molecule has 0 aliphatic carbocycles. The molecule has 1 N–H and O–H groups in total. The summed E-state index contributed by atoms with van der Waals surface area (Å²) in [6.45, 7) is 1.92. The molecule has 0 amide bonds. The molecule has 0 fully saturated rings. The quantitative estimate of drug-likeness (QED) is 0.768. The highest BCUT2D eigenvalue weighted by Gasteiger charge is 2.09.